The second-order valence-electron chi connectivity index (χ2n) is 7.97. The minimum absolute atomic E-state index is 0.157. The Morgan fingerprint density at radius 1 is 1.44 bits per heavy atom. The van der Waals surface area contributed by atoms with Gasteiger partial charge in [0.05, 0.1) is 12.6 Å². The summed E-state index contributed by atoms with van der Waals surface area (Å²) in [6, 6.07) is -1.30. The van der Waals surface area contributed by atoms with Crippen LogP contribution in [0, 0.1) is 0 Å². The molecule has 0 aliphatic carbocycles. The van der Waals surface area contributed by atoms with Crippen molar-refractivity contribution in [3.05, 3.63) is 0 Å². The van der Waals surface area contributed by atoms with Crippen molar-refractivity contribution in [2.75, 3.05) is 20.1 Å². The molecule has 0 aromatic carbocycles. The minimum atomic E-state index is -0.983. The Labute approximate surface area is 147 Å². The fourth-order valence-corrected chi connectivity index (χ4v) is 3.52. The number of nitrogens with two attached hydrogens (primary N) is 1. The zero-order chi connectivity index (χ0) is 19.2. The van der Waals surface area contributed by atoms with Gasteiger partial charge in [0.1, 0.15) is 17.2 Å². The first-order valence-electron chi connectivity index (χ1n) is 8.37. The number of likely N-dealkylation sites (N-methyl/N-ethyl adjacent to an activating group) is 1. The highest BCUT2D eigenvalue weighted by Gasteiger charge is 2.62. The van der Waals surface area contributed by atoms with Crippen molar-refractivity contribution in [3.63, 3.8) is 0 Å². The van der Waals surface area contributed by atoms with Crippen LogP contribution < -0.4 is 11.1 Å². The molecule has 2 saturated heterocycles. The number of ether oxygens (including phenoxy) is 1. The molecule has 9 nitrogen and oxygen atoms in total. The lowest BCUT2D eigenvalue weighted by atomic mass is 9.85. The molecule has 142 valence electrons. The van der Waals surface area contributed by atoms with Crippen LogP contribution in [0.1, 0.15) is 34.1 Å². The maximum atomic E-state index is 12.6. The summed E-state index contributed by atoms with van der Waals surface area (Å²) in [6.45, 7) is 7.34. The third kappa shape index (κ3) is 3.72. The maximum absolute atomic E-state index is 12.6. The topological polar surface area (TPSA) is 125 Å². The van der Waals surface area contributed by atoms with E-state index in [1.165, 1.54) is 11.8 Å². The van der Waals surface area contributed by atoms with Gasteiger partial charge in [-0.2, -0.15) is 0 Å². The molecule has 0 aromatic rings. The summed E-state index contributed by atoms with van der Waals surface area (Å²) in [7, 11) is 1.67. The Hall–Kier alpha value is -1.87. The van der Waals surface area contributed by atoms with Crippen LogP contribution in [0.25, 0.3) is 0 Å². The van der Waals surface area contributed by atoms with Gasteiger partial charge in [0.2, 0.25) is 11.8 Å². The first-order valence-corrected chi connectivity index (χ1v) is 8.37. The third-order valence-corrected chi connectivity index (χ3v) is 4.57. The smallest absolute Gasteiger partial charge is 0.411 e. The molecule has 2 aliphatic rings. The van der Waals surface area contributed by atoms with Crippen LogP contribution in [-0.2, 0) is 14.3 Å². The Morgan fingerprint density at radius 2 is 2.04 bits per heavy atom. The monoisotopic (exact) mass is 356 g/mol. The quantitative estimate of drug-likeness (QED) is 0.557. The molecule has 4 unspecified atom stereocenters. The predicted octanol–water partition coefficient (Wildman–Crippen LogP) is -0.969. The summed E-state index contributed by atoms with van der Waals surface area (Å²) < 4.78 is 5.43. The summed E-state index contributed by atoms with van der Waals surface area (Å²) in [5, 5.41) is 12.7. The van der Waals surface area contributed by atoms with Gasteiger partial charge in [-0.15, -0.1) is 0 Å². The number of β-lactam (4-membered cyclic amide) rings is 1. The van der Waals surface area contributed by atoms with Crippen LogP contribution in [0.5, 0.6) is 0 Å². The van der Waals surface area contributed by atoms with Crippen LogP contribution >= 0.6 is 0 Å². The second kappa shape index (κ2) is 6.45. The first kappa shape index (κ1) is 19.5. The van der Waals surface area contributed by atoms with E-state index >= 15 is 0 Å². The molecule has 3 amide bonds. The largest absolute Gasteiger partial charge is 0.444 e. The van der Waals surface area contributed by atoms with Crippen molar-refractivity contribution in [2.45, 2.75) is 63.4 Å². The molecule has 0 aromatic heterocycles. The number of nitrogens with one attached hydrogen (secondary N) is 1. The Morgan fingerprint density at radius 3 is 2.44 bits per heavy atom. The van der Waals surface area contributed by atoms with Gasteiger partial charge >= 0.3 is 6.09 Å². The van der Waals surface area contributed by atoms with Gasteiger partial charge in [-0.05, 0) is 34.1 Å². The van der Waals surface area contributed by atoms with E-state index in [9.17, 15) is 19.5 Å². The number of aliphatic hydroxyl groups is 1. The molecule has 0 radical (unpaired) electrons. The number of hydrogen-bond donors (Lipinski definition) is 3. The summed E-state index contributed by atoms with van der Waals surface area (Å²) in [5.41, 5.74) is 3.67. The molecule has 0 bridgehead atoms. The SMILES string of the molecule is CC(O)C(NC1CN(C(=O)OC(C)(C)C)C2(C1)CN(C)C2=O)C(N)=O. The number of carbonyl (C=O) groups is 3. The number of amides is 3. The molecule has 25 heavy (non-hydrogen) atoms. The molecular weight excluding hydrogens is 328 g/mol. The van der Waals surface area contributed by atoms with Gasteiger partial charge in [-0.25, -0.2) is 4.79 Å². The molecule has 1 spiro atoms. The number of primary amides is 1. The highest BCUT2D eigenvalue weighted by atomic mass is 16.6. The van der Waals surface area contributed by atoms with E-state index in [-0.39, 0.29) is 18.5 Å². The number of aliphatic hydroxyl groups excluding tert-OH is 1. The van der Waals surface area contributed by atoms with Gasteiger partial charge < -0.3 is 20.5 Å². The molecule has 2 rings (SSSR count). The van der Waals surface area contributed by atoms with Crippen LogP contribution in [0.2, 0.25) is 0 Å². The van der Waals surface area contributed by atoms with E-state index in [0.717, 1.165) is 0 Å². The van der Waals surface area contributed by atoms with Crippen LogP contribution in [-0.4, -0.2) is 82.3 Å². The Balaban J connectivity index is 2.19. The first-order chi connectivity index (χ1) is 11.4. The van der Waals surface area contributed by atoms with E-state index < -0.39 is 35.3 Å². The lowest BCUT2D eigenvalue weighted by Gasteiger charge is -2.49. The molecule has 2 heterocycles. The molecular formula is C16H28N4O5. The van der Waals surface area contributed by atoms with Crippen molar-refractivity contribution >= 4 is 17.9 Å². The fraction of sp³-hybridized carbons (Fsp3) is 0.812. The lowest BCUT2D eigenvalue weighted by Crippen LogP contribution is -2.71. The summed E-state index contributed by atoms with van der Waals surface area (Å²) in [4.78, 5) is 39.5. The van der Waals surface area contributed by atoms with Gasteiger partial charge in [-0.3, -0.25) is 19.8 Å². The normalized spacial score (nSPS) is 28.7. The standard InChI is InChI=1S/C16H28N4O5/c1-9(21)11(12(17)22)18-10-6-16(8-19(5)13(16)23)20(7-10)14(24)25-15(2,3)4/h9-11,18,21H,6-8H2,1-5H3,(H2,17,22). The van der Waals surface area contributed by atoms with E-state index in [4.69, 9.17) is 10.5 Å². The van der Waals surface area contributed by atoms with E-state index in [1.807, 2.05) is 0 Å². The molecule has 2 fully saturated rings. The lowest BCUT2D eigenvalue weighted by molar-refractivity contribution is -0.157. The molecule has 4 N–H and O–H groups in total. The number of hydrogen-bond acceptors (Lipinski definition) is 6. The molecule has 9 heteroatoms. The fourth-order valence-electron chi connectivity index (χ4n) is 3.52. The molecule has 2 aliphatic heterocycles. The van der Waals surface area contributed by atoms with Crippen molar-refractivity contribution in [3.8, 4) is 0 Å². The van der Waals surface area contributed by atoms with Crippen LogP contribution in [0.15, 0.2) is 0 Å². The minimum Gasteiger partial charge on any atom is -0.444 e. The number of likely N-dealkylation sites (tertiary alicyclic amines) is 2. The summed E-state index contributed by atoms with van der Waals surface area (Å²) in [5.74, 6) is -0.841. The average molecular weight is 356 g/mol. The number of carbonyl (C=O) groups excluding carboxylic acids is 3. The maximum Gasteiger partial charge on any atom is 0.411 e. The zero-order valence-corrected chi connectivity index (χ0v) is 15.4. The van der Waals surface area contributed by atoms with E-state index in [1.54, 1.807) is 32.7 Å². The van der Waals surface area contributed by atoms with Crippen LogP contribution in [0.4, 0.5) is 4.79 Å². The Kier molecular flexibility index (Phi) is 5.02. The van der Waals surface area contributed by atoms with Gasteiger partial charge in [0, 0.05) is 19.6 Å². The molecule has 4 atom stereocenters. The number of nitrogens with zero attached hydrogens (tertiary/aromatic N) is 2. The van der Waals surface area contributed by atoms with Gasteiger partial charge in [0.25, 0.3) is 0 Å². The second-order valence-corrected chi connectivity index (χ2v) is 7.97. The van der Waals surface area contributed by atoms with Gasteiger partial charge in [-0.1, -0.05) is 0 Å². The van der Waals surface area contributed by atoms with Crippen molar-refractivity contribution in [1.82, 2.24) is 15.1 Å². The summed E-state index contributed by atoms with van der Waals surface area (Å²) in [6.07, 6.45) is -1.21. The van der Waals surface area contributed by atoms with E-state index in [0.29, 0.717) is 13.0 Å². The zero-order valence-electron chi connectivity index (χ0n) is 15.4. The van der Waals surface area contributed by atoms with Crippen molar-refractivity contribution in [1.29, 1.82) is 0 Å². The van der Waals surface area contributed by atoms with Crippen molar-refractivity contribution in [2.24, 2.45) is 5.73 Å². The van der Waals surface area contributed by atoms with Crippen LogP contribution in [0.3, 0.4) is 0 Å². The highest BCUT2D eigenvalue weighted by Crippen LogP contribution is 2.39. The summed E-state index contributed by atoms with van der Waals surface area (Å²) >= 11 is 0. The van der Waals surface area contributed by atoms with E-state index in [2.05, 4.69) is 5.32 Å². The third-order valence-electron chi connectivity index (χ3n) is 4.57. The highest BCUT2D eigenvalue weighted by molar-refractivity contribution is 5.96. The average Bonchev–Trinajstić information content (AvgIpc) is 2.83. The Bertz CT molecular complexity index is 573. The predicted molar refractivity (Wildman–Crippen MR) is 89.5 cm³/mol. The van der Waals surface area contributed by atoms with Crippen molar-refractivity contribution < 1.29 is 24.2 Å². The van der Waals surface area contributed by atoms with Gasteiger partial charge in [0.15, 0.2) is 0 Å². The number of rotatable bonds is 4. The molecule has 0 saturated carbocycles.